The van der Waals surface area contributed by atoms with Gasteiger partial charge in [0.1, 0.15) is 5.78 Å². The van der Waals surface area contributed by atoms with Crippen molar-refractivity contribution < 1.29 is 4.79 Å². The molecule has 2 nitrogen and oxygen atoms in total. The Hall–Kier alpha value is -0.370. The molecule has 0 heterocycles. The van der Waals surface area contributed by atoms with Gasteiger partial charge < -0.3 is 5.32 Å². The van der Waals surface area contributed by atoms with Gasteiger partial charge in [0.15, 0.2) is 0 Å². The molecule has 84 valence electrons. The van der Waals surface area contributed by atoms with Gasteiger partial charge in [-0.15, -0.1) is 0 Å². The fourth-order valence-electron chi connectivity index (χ4n) is 1.86. The molecule has 2 atom stereocenters. The zero-order valence-electron chi connectivity index (χ0n) is 10.4. The molecule has 0 radical (unpaired) electrons. The molecular formula is C12H25NO. The van der Waals surface area contributed by atoms with Gasteiger partial charge in [-0.3, -0.25) is 4.79 Å². The number of hydrogen-bond acceptors (Lipinski definition) is 2. The minimum Gasteiger partial charge on any atom is -0.305 e. The molecule has 0 bridgehead atoms. The van der Waals surface area contributed by atoms with Gasteiger partial charge in [0.25, 0.3) is 0 Å². The van der Waals surface area contributed by atoms with Crippen molar-refractivity contribution in [3.05, 3.63) is 0 Å². The van der Waals surface area contributed by atoms with E-state index in [-0.39, 0.29) is 11.8 Å². The van der Waals surface area contributed by atoms with Crippen LogP contribution in [-0.4, -0.2) is 17.9 Å². The van der Waals surface area contributed by atoms with Crippen molar-refractivity contribution in [2.24, 2.45) is 11.8 Å². The van der Waals surface area contributed by atoms with Crippen LogP contribution in [-0.2, 0) is 4.79 Å². The number of Topliss-reactive ketones (excluding diaryl/α,β-unsaturated/α-hetero) is 1. The van der Waals surface area contributed by atoms with Crippen LogP contribution in [0.3, 0.4) is 0 Å². The van der Waals surface area contributed by atoms with E-state index < -0.39 is 0 Å². The van der Waals surface area contributed by atoms with E-state index in [1.165, 1.54) is 0 Å². The molecule has 0 saturated heterocycles. The lowest BCUT2D eigenvalue weighted by Crippen LogP contribution is -2.44. The SMILES string of the molecule is CC(=O)[C@H](N[C@@H](C)CC(C)C)C(C)C. The van der Waals surface area contributed by atoms with E-state index in [1.54, 1.807) is 6.92 Å². The minimum absolute atomic E-state index is 0.0174. The predicted molar refractivity (Wildman–Crippen MR) is 61.4 cm³/mol. The van der Waals surface area contributed by atoms with Gasteiger partial charge in [0.2, 0.25) is 0 Å². The van der Waals surface area contributed by atoms with Gasteiger partial charge in [-0.25, -0.2) is 0 Å². The molecular weight excluding hydrogens is 174 g/mol. The molecule has 0 spiro atoms. The molecule has 0 aromatic heterocycles. The molecule has 2 heteroatoms. The maximum absolute atomic E-state index is 11.3. The van der Waals surface area contributed by atoms with Crippen LogP contribution in [0.1, 0.15) is 48.0 Å². The van der Waals surface area contributed by atoms with Crippen molar-refractivity contribution in [3.8, 4) is 0 Å². The second kappa shape index (κ2) is 6.18. The van der Waals surface area contributed by atoms with Crippen LogP contribution in [0.4, 0.5) is 0 Å². The summed E-state index contributed by atoms with van der Waals surface area (Å²) < 4.78 is 0. The van der Waals surface area contributed by atoms with E-state index in [4.69, 9.17) is 0 Å². The molecule has 0 fully saturated rings. The van der Waals surface area contributed by atoms with Crippen LogP contribution in [0.5, 0.6) is 0 Å². The summed E-state index contributed by atoms with van der Waals surface area (Å²) in [6.07, 6.45) is 1.12. The van der Waals surface area contributed by atoms with Gasteiger partial charge >= 0.3 is 0 Å². The van der Waals surface area contributed by atoms with Crippen molar-refractivity contribution in [1.29, 1.82) is 0 Å². The molecule has 0 aliphatic rings. The average Bonchev–Trinajstić information content (AvgIpc) is 1.97. The highest BCUT2D eigenvalue weighted by Gasteiger charge is 2.20. The van der Waals surface area contributed by atoms with E-state index in [2.05, 4.69) is 39.9 Å². The lowest BCUT2D eigenvalue weighted by atomic mass is 9.97. The fraction of sp³-hybridized carbons (Fsp3) is 0.917. The van der Waals surface area contributed by atoms with Crippen LogP contribution in [0.15, 0.2) is 0 Å². The Morgan fingerprint density at radius 3 is 1.93 bits per heavy atom. The summed E-state index contributed by atoms with van der Waals surface area (Å²) in [6, 6.07) is 0.440. The molecule has 0 aromatic rings. The highest BCUT2D eigenvalue weighted by Crippen LogP contribution is 2.09. The van der Waals surface area contributed by atoms with E-state index in [0.717, 1.165) is 6.42 Å². The lowest BCUT2D eigenvalue weighted by Gasteiger charge is -2.25. The first-order chi connectivity index (χ1) is 6.34. The number of hydrogen-bond donors (Lipinski definition) is 1. The Balaban J connectivity index is 4.10. The molecule has 0 rings (SSSR count). The standard InChI is InChI=1S/C12H25NO/c1-8(2)7-10(5)13-12(9(3)4)11(6)14/h8-10,12-13H,7H2,1-6H3/t10-,12+/m0/s1. The van der Waals surface area contributed by atoms with E-state index in [9.17, 15) is 4.79 Å². The summed E-state index contributed by atoms with van der Waals surface area (Å²) in [5, 5.41) is 3.40. The molecule has 1 N–H and O–H groups in total. The number of rotatable bonds is 6. The molecule has 0 aliphatic heterocycles. The van der Waals surface area contributed by atoms with Gasteiger partial charge in [-0.05, 0) is 32.1 Å². The molecule has 0 unspecified atom stereocenters. The molecule has 0 saturated carbocycles. The summed E-state index contributed by atoms with van der Waals surface area (Å²) in [6.45, 7) is 12.4. The summed E-state index contributed by atoms with van der Waals surface area (Å²) >= 11 is 0. The third-order valence-corrected chi connectivity index (χ3v) is 2.39. The summed E-state index contributed by atoms with van der Waals surface area (Å²) in [5.74, 6) is 1.30. The maximum atomic E-state index is 11.3. The van der Waals surface area contributed by atoms with Crippen LogP contribution in [0.2, 0.25) is 0 Å². The Kier molecular flexibility index (Phi) is 6.01. The highest BCUT2D eigenvalue weighted by atomic mass is 16.1. The van der Waals surface area contributed by atoms with E-state index in [1.807, 2.05) is 0 Å². The normalized spacial score (nSPS) is 16.0. The second-order valence-electron chi connectivity index (χ2n) is 5.03. The molecule has 0 amide bonds. The Morgan fingerprint density at radius 2 is 1.64 bits per heavy atom. The fourth-order valence-corrected chi connectivity index (χ4v) is 1.86. The number of ketones is 1. The highest BCUT2D eigenvalue weighted by molar-refractivity contribution is 5.81. The van der Waals surface area contributed by atoms with Gasteiger partial charge in [0.05, 0.1) is 6.04 Å². The van der Waals surface area contributed by atoms with Crippen molar-refractivity contribution in [3.63, 3.8) is 0 Å². The van der Waals surface area contributed by atoms with Crippen molar-refractivity contribution in [1.82, 2.24) is 5.32 Å². The van der Waals surface area contributed by atoms with Crippen molar-refractivity contribution >= 4 is 5.78 Å². The van der Waals surface area contributed by atoms with Crippen LogP contribution >= 0.6 is 0 Å². The molecule has 0 aliphatic carbocycles. The Morgan fingerprint density at radius 1 is 1.14 bits per heavy atom. The summed E-state index contributed by atoms with van der Waals surface area (Å²) in [4.78, 5) is 11.3. The second-order valence-corrected chi connectivity index (χ2v) is 5.03. The Labute approximate surface area is 88.5 Å². The monoisotopic (exact) mass is 199 g/mol. The number of carbonyl (C=O) groups is 1. The first-order valence-electron chi connectivity index (χ1n) is 5.61. The quantitative estimate of drug-likeness (QED) is 0.712. The summed E-state index contributed by atoms with van der Waals surface area (Å²) in [5.41, 5.74) is 0. The maximum Gasteiger partial charge on any atom is 0.146 e. The lowest BCUT2D eigenvalue weighted by molar-refractivity contribution is -0.120. The third-order valence-electron chi connectivity index (χ3n) is 2.39. The largest absolute Gasteiger partial charge is 0.305 e. The first kappa shape index (κ1) is 13.6. The van der Waals surface area contributed by atoms with Crippen LogP contribution < -0.4 is 5.32 Å². The average molecular weight is 199 g/mol. The smallest absolute Gasteiger partial charge is 0.146 e. The number of carbonyl (C=O) groups excluding carboxylic acids is 1. The van der Waals surface area contributed by atoms with E-state index >= 15 is 0 Å². The van der Waals surface area contributed by atoms with Gasteiger partial charge in [-0.1, -0.05) is 27.7 Å². The minimum atomic E-state index is 0.0174. The van der Waals surface area contributed by atoms with Crippen molar-refractivity contribution in [2.75, 3.05) is 0 Å². The van der Waals surface area contributed by atoms with Crippen LogP contribution in [0, 0.1) is 11.8 Å². The number of nitrogens with one attached hydrogen (secondary N) is 1. The third kappa shape index (κ3) is 5.38. The van der Waals surface area contributed by atoms with Crippen molar-refractivity contribution in [2.45, 2.75) is 60.0 Å². The van der Waals surface area contributed by atoms with Gasteiger partial charge in [0, 0.05) is 6.04 Å². The summed E-state index contributed by atoms with van der Waals surface area (Å²) in [7, 11) is 0. The first-order valence-corrected chi connectivity index (χ1v) is 5.61. The predicted octanol–water partition coefficient (Wildman–Crippen LogP) is 2.62. The van der Waals surface area contributed by atoms with Gasteiger partial charge in [-0.2, -0.15) is 0 Å². The van der Waals surface area contributed by atoms with Crippen LogP contribution in [0.25, 0.3) is 0 Å². The zero-order chi connectivity index (χ0) is 11.3. The van der Waals surface area contributed by atoms with E-state index in [0.29, 0.717) is 17.9 Å². The Bertz CT molecular complexity index is 175. The molecule has 14 heavy (non-hydrogen) atoms. The molecule has 0 aromatic carbocycles. The topological polar surface area (TPSA) is 29.1 Å². The zero-order valence-corrected chi connectivity index (χ0v) is 10.4.